The van der Waals surface area contributed by atoms with E-state index in [0.29, 0.717) is 0 Å². The first-order valence-electron chi connectivity index (χ1n) is 7.47. The zero-order valence-electron chi connectivity index (χ0n) is 13.5. The third kappa shape index (κ3) is 4.31. The summed E-state index contributed by atoms with van der Waals surface area (Å²) in [7, 11) is 1.80. The number of hydrogen-bond donors (Lipinski definition) is 1. The Balaban J connectivity index is 1.90. The van der Waals surface area contributed by atoms with Crippen molar-refractivity contribution in [2.75, 3.05) is 7.05 Å². The van der Waals surface area contributed by atoms with Gasteiger partial charge in [0.2, 0.25) is 0 Å². The van der Waals surface area contributed by atoms with Crippen LogP contribution in [0.25, 0.3) is 0 Å². The summed E-state index contributed by atoms with van der Waals surface area (Å²) in [6.45, 7) is 6.11. The zero-order valence-corrected chi connectivity index (χ0v) is 14.4. The van der Waals surface area contributed by atoms with Crippen LogP contribution in [0, 0.1) is 6.92 Å². The van der Waals surface area contributed by atoms with Gasteiger partial charge in [0.25, 0.3) is 0 Å². The van der Waals surface area contributed by atoms with Crippen LogP contribution in [0.15, 0.2) is 36.5 Å². The normalized spacial score (nSPS) is 13.5. The van der Waals surface area contributed by atoms with Crippen molar-refractivity contribution in [1.29, 1.82) is 0 Å². The first-order valence-corrected chi connectivity index (χ1v) is 8.28. The van der Waals surface area contributed by atoms with Gasteiger partial charge < -0.3 is 10.2 Å². The largest absolute Gasteiger partial charge is 0.335 e. The maximum Gasteiger partial charge on any atom is 0.317 e. The van der Waals surface area contributed by atoms with Gasteiger partial charge in [-0.25, -0.2) is 4.79 Å². The number of nitrogens with zero attached hydrogens (tertiary/aromatic N) is 2. The first-order chi connectivity index (χ1) is 10.5. The van der Waals surface area contributed by atoms with Crippen LogP contribution < -0.4 is 5.32 Å². The smallest absolute Gasteiger partial charge is 0.317 e. The highest BCUT2D eigenvalue weighted by atomic mass is 32.1. The Morgan fingerprint density at radius 1 is 1.32 bits per heavy atom. The summed E-state index contributed by atoms with van der Waals surface area (Å²) in [5.74, 6) is 0. The monoisotopic (exact) mass is 317 g/mol. The molecule has 2 aromatic rings. The lowest BCUT2D eigenvalue weighted by atomic mass is 10.2. The number of nitrogens with one attached hydrogen (secondary N) is 1. The Kier molecular flexibility index (Phi) is 5.55. The topological polar surface area (TPSA) is 45.2 Å². The van der Waals surface area contributed by atoms with Crippen LogP contribution >= 0.6 is 11.3 Å². The van der Waals surface area contributed by atoms with Crippen molar-refractivity contribution in [2.45, 2.75) is 39.3 Å². The molecule has 4 nitrogen and oxygen atoms in total. The van der Waals surface area contributed by atoms with Crippen LogP contribution in [0.5, 0.6) is 0 Å². The van der Waals surface area contributed by atoms with Crippen molar-refractivity contribution in [3.63, 3.8) is 0 Å². The summed E-state index contributed by atoms with van der Waals surface area (Å²) in [5.41, 5.74) is 0.890. The predicted molar refractivity (Wildman–Crippen MR) is 91.2 cm³/mol. The third-order valence-corrected chi connectivity index (χ3v) is 4.71. The molecule has 0 aliphatic rings. The van der Waals surface area contributed by atoms with E-state index in [1.807, 2.05) is 32.0 Å². The van der Waals surface area contributed by atoms with E-state index >= 15 is 0 Å². The molecule has 0 saturated heterocycles. The lowest BCUT2D eigenvalue weighted by Crippen LogP contribution is -2.43. The van der Waals surface area contributed by atoms with Crippen LogP contribution in [0.2, 0.25) is 0 Å². The second-order valence-corrected chi connectivity index (χ2v) is 6.98. The first kappa shape index (κ1) is 16.5. The Hall–Kier alpha value is -1.88. The standard InChI is InChI=1S/C17H23N3OS/c1-12(11-15-9-8-13(2)22-15)19-17(21)20(4)14(3)16-7-5-6-10-18-16/h5-10,12,14H,11H2,1-4H3,(H,19,21)/t12-,14-/m0/s1. The average Bonchev–Trinajstić information content (AvgIpc) is 2.91. The van der Waals surface area contributed by atoms with E-state index in [0.717, 1.165) is 12.1 Å². The van der Waals surface area contributed by atoms with Crippen molar-refractivity contribution in [3.8, 4) is 0 Å². The molecular weight excluding hydrogens is 294 g/mol. The molecular formula is C17H23N3OS. The lowest BCUT2D eigenvalue weighted by molar-refractivity contribution is 0.190. The van der Waals surface area contributed by atoms with Crippen LogP contribution in [-0.2, 0) is 6.42 Å². The lowest BCUT2D eigenvalue weighted by Gasteiger charge is -2.26. The minimum atomic E-state index is -0.0704. The number of rotatable bonds is 5. The number of carbonyl (C=O) groups is 1. The summed E-state index contributed by atoms with van der Waals surface area (Å²) in [6.07, 6.45) is 2.61. The van der Waals surface area contributed by atoms with Gasteiger partial charge in [-0.15, -0.1) is 11.3 Å². The number of carbonyl (C=O) groups excluding carboxylic acids is 1. The van der Waals surface area contributed by atoms with E-state index in [4.69, 9.17) is 0 Å². The Labute approximate surface area is 136 Å². The fraction of sp³-hybridized carbons (Fsp3) is 0.412. The van der Waals surface area contributed by atoms with Gasteiger partial charge in [-0.1, -0.05) is 6.07 Å². The molecule has 0 aliphatic heterocycles. The van der Waals surface area contributed by atoms with Gasteiger partial charge >= 0.3 is 6.03 Å². The molecule has 2 aromatic heterocycles. The van der Waals surface area contributed by atoms with E-state index in [9.17, 15) is 4.79 Å². The predicted octanol–water partition coefficient (Wildman–Crippen LogP) is 3.79. The van der Waals surface area contributed by atoms with Gasteiger partial charge in [0, 0.05) is 35.5 Å². The molecule has 1 N–H and O–H groups in total. The number of amides is 2. The molecule has 2 rings (SSSR count). The van der Waals surface area contributed by atoms with Crippen LogP contribution in [0.4, 0.5) is 4.79 Å². The molecule has 0 fully saturated rings. The summed E-state index contributed by atoms with van der Waals surface area (Å²) in [6, 6.07) is 9.97. The molecule has 5 heteroatoms. The third-order valence-electron chi connectivity index (χ3n) is 3.69. The molecule has 0 spiro atoms. The van der Waals surface area contributed by atoms with Gasteiger partial charge in [-0.3, -0.25) is 4.98 Å². The molecule has 22 heavy (non-hydrogen) atoms. The molecule has 0 radical (unpaired) electrons. The van der Waals surface area contributed by atoms with Crippen LogP contribution in [0.1, 0.15) is 35.3 Å². The number of pyridine rings is 1. The number of aryl methyl sites for hydroxylation is 1. The van der Waals surface area contributed by atoms with Gasteiger partial charge in [-0.2, -0.15) is 0 Å². The number of aromatic nitrogens is 1. The molecule has 0 bridgehead atoms. The van der Waals surface area contributed by atoms with E-state index < -0.39 is 0 Å². The second-order valence-electron chi connectivity index (χ2n) is 5.61. The fourth-order valence-electron chi connectivity index (χ4n) is 2.26. The Morgan fingerprint density at radius 2 is 2.09 bits per heavy atom. The molecule has 2 atom stereocenters. The minimum Gasteiger partial charge on any atom is -0.335 e. The van der Waals surface area contributed by atoms with Gasteiger partial charge in [0.05, 0.1) is 11.7 Å². The zero-order chi connectivity index (χ0) is 16.1. The number of thiophene rings is 1. The molecule has 0 saturated carbocycles. The minimum absolute atomic E-state index is 0.0580. The number of hydrogen-bond acceptors (Lipinski definition) is 3. The SMILES string of the molecule is Cc1ccc(C[C@H](C)NC(=O)N(C)[C@@H](C)c2ccccn2)s1. The molecule has 0 aliphatic carbocycles. The summed E-state index contributed by atoms with van der Waals surface area (Å²) in [5, 5.41) is 3.05. The van der Waals surface area contributed by atoms with Crippen LogP contribution in [-0.4, -0.2) is 29.0 Å². The van der Waals surface area contributed by atoms with Gasteiger partial charge in [-0.05, 0) is 45.0 Å². The average molecular weight is 317 g/mol. The molecule has 2 heterocycles. The van der Waals surface area contributed by atoms with E-state index in [1.54, 1.807) is 29.5 Å². The maximum atomic E-state index is 12.4. The molecule has 0 aromatic carbocycles. The Bertz CT molecular complexity index is 611. The molecule has 118 valence electrons. The van der Waals surface area contributed by atoms with Crippen molar-refractivity contribution >= 4 is 17.4 Å². The van der Waals surface area contributed by atoms with Crippen molar-refractivity contribution in [1.82, 2.24) is 15.2 Å². The van der Waals surface area contributed by atoms with Gasteiger partial charge in [0.15, 0.2) is 0 Å². The summed E-state index contributed by atoms with van der Waals surface area (Å²) < 4.78 is 0. The molecule has 0 unspecified atom stereocenters. The van der Waals surface area contributed by atoms with E-state index in [-0.39, 0.29) is 18.1 Å². The fourth-order valence-corrected chi connectivity index (χ4v) is 3.28. The number of urea groups is 1. The quantitative estimate of drug-likeness (QED) is 0.912. The highest BCUT2D eigenvalue weighted by molar-refractivity contribution is 7.11. The van der Waals surface area contributed by atoms with Crippen LogP contribution in [0.3, 0.4) is 0 Å². The highest BCUT2D eigenvalue weighted by Crippen LogP contribution is 2.18. The summed E-state index contributed by atoms with van der Waals surface area (Å²) >= 11 is 1.78. The highest BCUT2D eigenvalue weighted by Gasteiger charge is 2.19. The van der Waals surface area contributed by atoms with Crippen molar-refractivity contribution in [2.24, 2.45) is 0 Å². The second kappa shape index (κ2) is 7.40. The van der Waals surface area contributed by atoms with E-state index in [2.05, 4.69) is 29.4 Å². The summed E-state index contributed by atoms with van der Waals surface area (Å²) in [4.78, 5) is 21.0. The van der Waals surface area contributed by atoms with Crippen molar-refractivity contribution in [3.05, 3.63) is 52.0 Å². The van der Waals surface area contributed by atoms with Crippen molar-refractivity contribution < 1.29 is 4.79 Å². The Morgan fingerprint density at radius 3 is 2.68 bits per heavy atom. The molecule has 2 amide bonds. The maximum absolute atomic E-state index is 12.4. The van der Waals surface area contributed by atoms with E-state index in [1.165, 1.54) is 9.75 Å². The van der Waals surface area contributed by atoms with Gasteiger partial charge in [0.1, 0.15) is 0 Å².